The van der Waals surface area contributed by atoms with Gasteiger partial charge in [0.2, 0.25) is 5.91 Å². The minimum Gasteiger partial charge on any atom is -0.392 e. The molecule has 0 aromatic rings. The Morgan fingerprint density at radius 1 is 1.38 bits per heavy atom. The number of aliphatic hydroxyl groups excluding tert-OH is 2. The number of amides is 1. The van der Waals surface area contributed by atoms with E-state index in [1.165, 1.54) is 5.57 Å². The number of carbonyl (C=O) groups is 1. The molecule has 2 N–H and O–H groups in total. The highest BCUT2D eigenvalue weighted by Crippen LogP contribution is 2.47. The van der Waals surface area contributed by atoms with E-state index in [1.54, 1.807) is 19.0 Å². The Hall–Kier alpha value is -1.39. The molecule has 26 heavy (non-hydrogen) atoms. The molecular formula is C22H35NO3. The number of hydrogen-bond acceptors (Lipinski definition) is 3. The zero-order chi connectivity index (χ0) is 19.1. The third kappa shape index (κ3) is 5.82. The van der Waals surface area contributed by atoms with Crippen LogP contribution in [0.4, 0.5) is 0 Å². The number of unbranched alkanes of at least 4 members (excludes halogenated alkanes) is 2. The number of fused-ring (bicyclic) bond motifs is 1. The average molecular weight is 362 g/mol. The molecule has 1 amide bonds. The second kappa shape index (κ2) is 10.1. The van der Waals surface area contributed by atoms with Gasteiger partial charge in [-0.1, -0.05) is 62.1 Å². The first-order valence-electron chi connectivity index (χ1n) is 10.0. The summed E-state index contributed by atoms with van der Waals surface area (Å²) in [6, 6.07) is 0. The molecule has 0 aliphatic heterocycles. The molecule has 0 saturated heterocycles. The van der Waals surface area contributed by atoms with E-state index in [2.05, 4.69) is 19.1 Å². The van der Waals surface area contributed by atoms with E-state index in [-0.39, 0.29) is 17.9 Å². The fourth-order valence-corrected chi connectivity index (χ4v) is 4.12. The first kappa shape index (κ1) is 20.9. The first-order chi connectivity index (χ1) is 12.4. The van der Waals surface area contributed by atoms with Crippen LogP contribution in [0.1, 0.15) is 51.9 Å². The van der Waals surface area contributed by atoms with Crippen molar-refractivity contribution >= 4 is 5.91 Å². The van der Waals surface area contributed by atoms with Crippen molar-refractivity contribution in [3.05, 3.63) is 36.0 Å². The van der Waals surface area contributed by atoms with E-state index in [4.69, 9.17) is 0 Å². The van der Waals surface area contributed by atoms with Crippen LogP contribution >= 0.6 is 0 Å². The zero-order valence-electron chi connectivity index (χ0n) is 16.5. The van der Waals surface area contributed by atoms with Gasteiger partial charge in [-0.05, 0) is 31.1 Å². The molecule has 0 aromatic heterocycles. The highest BCUT2D eigenvalue weighted by molar-refractivity contribution is 5.77. The van der Waals surface area contributed by atoms with Gasteiger partial charge in [0, 0.05) is 26.4 Å². The fourth-order valence-electron chi connectivity index (χ4n) is 4.12. The molecule has 4 heteroatoms. The van der Waals surface area contributed by atoms with Crippen molar-refractivity contribution in [1.82, 2.24) is 4.90 Å². The van der Waals surface area contributed by atoms with Gasteiger partial charge in [-0.2, -0.15) is 0 Å². The molecule has 0 aromatic carbocycles. The van der Waals surface area contributed by atoms with Crippen molar-refractivity contribution in [2.75, 3.05) is 14.1 Å². The van der Waals surface area contributed by atoms with Gasteiger partial charge < -0.3 is 15.1 Å². The summed E-state index contributed by atoms with van der Waals surface area (Å²) in [5.41, 5.74) is 1.26. The molecule has 0 radical (unpaired) electrons. The van der Waals surface area contributed by atoms with Crippen LogP contribution in [0.2, 0.25) is 0 Å². The van der Waals surface area contributed by atoms with E-state index in [9.17, 15) is 15.0 Å². The molecule has 4 nitrogen and oxygen atoms in total. The molecule has 0 bridgehead atoms. The lowest BCUT2D eigenvalue weighted by Gasteiger charge is -2.18. The highest BCUT2D eigenvalue weighted by Gasteiger charge is 2.42. The lowest BCUT2D eigenvalue weighted by atomic mass is 9.89. The van der Waals surface area contributed by atoms with Crippen molar-refractivity contribution in [1.29, 1.82) is 0 Å². The number of rotatable bonds is 9. The van der Waals surface area contributed by atoms with Crippen molar-refractivity contribution in [2.45, 2.75) is 64.1 Å². The summed E-state index contributed by atoms with van der Waals surface area (Å²) in [4.78, 5) is 13.2. The lowest BCUT2D eigenvalue weighted by Crippen LogP contribution is -2.20. The molecule has 1 saturated carbocycles. The Labute approximate surface area is 158 Å². The minimum atomic E-state index is -0.404. The van der Waals surface area contributed by atoms with Gasteiger partial charge in [0.15, 0.2) is 0 Å². The van der Waals surface area contributed by atoms with E-state index < -0.39 is 6.10 Å². The van der Waals surface area contributed by atoms with Gasteiger partial charge in [0.05, 0.1) is 12.2 Å². The number of allylic oxidation sites excluding steroid dienone is 3. The first-order valence-corrected chi connectivity index (χ1v) is 10.0. The Balaban J connectivity index is 1.86. The smallest absolute Gasteiger partial charge is 0.225 e. The maximum absolute atomic E-state index is 11.6. The second-order valence-electron chi connectivity index (χ2n) is 8.00. The topological polar surface area (TPSA) is 60.8 Å². The SMILES string of the molecule is CCCCC[C@H](O)/C=C/[C@@H]1[C@H]2CC(/C=C\CC(=O)N(C)C)=C[C@H]2C[C@H]1O. The summed E-state index contributed by atoms with van der Waals surface area (Å²) >= 11 is 0. The van der Waals surface area contributed by atoms with Gasteiger partial charge in [-0.25, -0.2) is 0 Å². The highest BCUT2D eigenvalue weighted by atomic mass is 16.3. The summed E-state index contributed by atoms with van der Waals surface area (Å²) in [6.45, 7) is 2.16. The van der Waals surface area contributed by atoms with E-state index in [0.717, 1.165) is 38.5 Å². The average Bonchev–Trinajstić information content (AvgIpc) is 3.09. The second-order valence-corrected chi connectivity index (χ2v) is 8.00. The van der Waals surface area contributed by atoms with Gasteiger partial charge in [0.1, 0.15) is 0 Å². The van der Waals surface area contributed by atoms with Crippen LogP contribution in [0, 0.1) is 17.8 Å². The summed E-state index contributed by atoms with van der Waals surface area (Å²) < 4.78 is 0. The van der Waals surface area contributed by atoms with Gasteiger partial charge in [-0.15, -0.1) is 0 Å². The zero-order valence-corrected chi connectivity index (χ0v) is 16.5. The van der Waals surface area contributed by atoms with E-state index in [0.29, 0.717) is 18.3 Å². The summed E-state index contributed by atoms with van der Waals surface area (Å²) in [5, 5.41) is 20.5. The summed E-state index contributed by atoms with van der Waals surface area (Å²) in [5.74, 6) is 1.04. The monoisotopic (exact) mass is 361 g/mol. The third-order valence-electron chi connectivity index (χ3n) is 5.68. The normalized spacial score (nSPS) is 29.3. The molecule has 1 fully saturated rings. The Morgan fingerprint density at radius 2 is 2.15 bits per heavy atom. The van der Waals surface area contributed by atoms with Gasteiger partial charge in [0.25, 0.3) is 0 Å². The molecule has 0 heterocycles. The van der Waals surface area contributed by atoms with Crippen molar-refractivity contribution < 1.29 is 15.0 Å². The van der Waals surface area contributed by atoms with Gasteiger partial charge in [-0.3, -0.25) is 4.79 Å². The number of aliphatic hydroxyl groups is 2. The largest absolute Gasteiger partial charge is 0.392 e. The molecule has 5 atom stereocenters. The fraction of sp³-hybridized carbons (Fsp3) is 0.682. The van der Waals surface area contributed by atoms with Crippen LogP contribution < -0.4 is 0 Å². The van der Waals surface area contributed by atoms with Crippen LogP contribution in [0.25, 0.3) is 0 Å². The number of carbonyl (C=O) groups excluding carboxylic acids is 1. The standard InChI is InChI=1S/C22H35NO3/c1-4-5-6-9-18(24)11-12-19-20-14-16(13-17(20)15-21(19)25)8-7-10-22(26)23(2)3/h7-8,11-13,17-21,24-25H,4-6,9-10,14-15H2,1-3H3/b8-7-,12-11+/t17-,18-,19+,20-,21+/m0/s1. The van der Waals surface area contributed by atoms with Crippen molar-refractivity contribution in [3.63, 3.8) is 0 Å². The molecule has 2 rings (SSSR count). The van der Waals surface area contributed by atoms with Crippen molar-refractivity contribution in [2.24, 2.45) is 17.8 Å². The van der Waals surface area contributed by atoms with Crippen LogP contribution in [-0.4, -0.2) is 47.3 Å². The maximum Gasteiger partial charge on any atom is 0.225 e. The predicted octanol–water partition coefficient (Wildman–Crippen LogP) is 3.46. The minimum absolute atomic E-state index is 0.105. The van der Waals surface area contributed by atoms with Crippen LogP contribution in [-0.2, 0) is 4.79 Å². The summed E-state index contributed by atoms with van der Waals surface area (Å²) in [6.07, 6.45) is 15.8. The molecule has 146 valence electrons. The molecular weight excluding hydrogens is 326 g/mol. The molecule has 0 spiro atoms. The van der Waals surface area contributed by atoms with Crippen LogP contribution in [0.3, 0.4) is 0 Å². The van der Waals surface area contributed by atoms with Crippen LogP contribution in [0.15, 0.2) is 36.0 Å². The maximum atomic E-state index is 11.6. The quantitative estimate of drug-likeness (QED) is 0.488. The van der Waals surface area contributed by atoms with E-state index >= 15 is 0 Å². The van der Waals surface area contributed by atoms with Gasteiger partial charge >= 0.3 is 0 Å². The molecule has 2 aliphatic carbocycles. The number of hydrogen-bond donors (Lipinski definition) is 2. The molecule has 0 unspecified atom stereocenters. The predicted molar refractivity (Wildman–Crippen MR) is 106 cm³/mol. The molecule has 2 aliphatic rings. The van der Waals surface area contributed by atoms with Crippen LogP contribution in [0.5, 0.6) is 0 Å². The van der Waals surface area contributed by atoms with Crippen molar-refractivity contribution in [3.8, 4) is 0 Å². The number of nitrogens with zero attached hydrogens (tertiary/aromatic N) is 1. The van der Waals surface area contributed by atoms with E-state index in [1.807, 2.05) is 18.2 Å². The third-order valence-corrected chi connectivity index (χ3v) is 5.68. The summed E-state index contributed by atoms with van der Waals surface area (Å²) in [7, 11) is 3.54. The Kier molecular flexibility index (Phi) is 8.11. The Morgan fingerprint density at radius 3 is 2.85 bits per heavy atom. The lowest BCUT2D eigenvalue weighted by molar-refractivity contribution is -0.127. The Bertz CT molecular complexity index is 550.